The lowest BCUT2D eigenvalue weighted by Gasteiger charge is -2.39. The standard InChI is InChI=1S/C24H26N2O6/c1-15(27)32-19-12-8-17(9-13-19)25-21(28)14-20(23(25)30)26(24(2,3)4)22(29)16-6-10-18(31-5)11-7-16/h6-13,20H,14H2,1-5H3. The fourth-order valence-corrected chi connectivity index (χ4v) is 3.70. The predicted octanol–water partition coefficient (Wildman–Crippen LogP) is 3.19. The minimum Gasteiger partial charge on any atom is -0.497 e. The van der Waals surface area contributed by atoms with Crippen LogP contribution in [-0.2, 0) is 14.4 Å². The lowest BCUT2D eigenvalue weighted by atomic mass is 9.99. The maximum atomic E-state index is 13.4. The largest absolute Gasteiger partial charge is 0.497 e. The number of methoxy groups -OCH3 is 1. The van der Waals surface area contributed by atoms with E-state index in [0.717, 1.165) is 4.90 Å². The summed E-state index contributed by atoms with van der Waals surface area (Å²) in [6.45, 7) is 6.75. The summed E-state index contributed by atoms with van der Waals surface area (Å²) in [5.41, 5.74) is 0.0293. The Kier molecular flexibility index (Phi) is 6.34. The zero-order chi connectivity index (χ0) is 23.6. The third kappa shape index (κ3) is 4.64. The van der Waals surface area contributed by atoms with Crippen LogP contribution >= 0.6 is 0 Å². The van der Waals surface area contributed by atoms with Gasteiger partial charge in [-0.3, -0.25) is 19.2 Å². The van der Waals surface area contributed by atoms with Crippen molar-refractivity contribution in [2.45, 2.75) is 45.7 Å². The second-order valence-corrected chi connectivity index (χ2v) is 8.45. The van der Waals surface area contributed by atoms with E-state index in [1.165, 1.54) is 43.2 Å². The average Bonchev–Trinajstić information content (AvgIpc) is 3.01. The van der Waals surface area contributed by atoms with Gasteiger partial charge in [-0.05, 0) is 69.3 Å². The first kappa shape index (κ1) is 23.0. The fraction of sp³-hybridized carbons (Fsp3) is 0.333. The molecule has 0 spiro atoms. The van der Waals surface area contributed by atoms with Crippen LogP contribution in [0.15, 0.2) is 48.5 Å². The highest BCUT2D eigenvalue weighted by Crippen LogP contribution is 2.32. The molecule has 1 fully saturated rings. The van der Waals surface area contributed by atoms with Crippen LogP contribution in [0.2, 0.25) is 0 Å². The van der Waals surface area contributed by atoms with Gasteiger partial charge in [-0.2, -0.15) is 0 Å². The molecule has 1 saturated heterocycles. The summed E-state index contributed by atoms with van der Waals surface area (Å²) < 4.78 is 10.1. The Morgan fingerprint density at radius 2 is 1.53 bits per heavy atom. The highest BCUT2D eigenvalue weighted by molar-refractivity contribution is 6.23. The van der Waals surface area contributed by atoms with E-state index < -0.39 is 29.4 Å². The number of carbonyl (C=O) groups is 4. The van der Waals surface area contributed by atoms with Gasteiger partial charge < -0.3 is 14.4 Å². The number of amides is 3. The van der Waals surface area contributed by atoms with Crippen LogP contribution in [0.5, 0.6) is 11.5 Å². The molecule has 0 saturated carbocycles. The van der Waals surface area contributed by atoms with Gasteiger partial charge in [0.15, 0.2) is 0 Å². The number of nitrogens with zero attached hydrogens (tertiary/aromatic N) is 2. The maximum Gasteiger partial charge on any atom is 0.308 e. The first-order valence-electron chi connectivity index (χ1n) is 10.2. The van der Waals surface area contributed by atoms with E-state index in [2.05, 4.69) is 0 Å². The number of hydrogen-bond acceptors (Lipinski definition) is 6. The second-order valence-electron chi connectivity index (χ2n) is 8.45. The topological polar surface area (TPSA) is 93.2 Å². The Bertz CT molecular complexity index is 1040. The van der Waals surface area contributed by atoms with Crippen molar-refractivity contribution >= 4 is 29.4 Å². The highest BCUT2D eigenvalue weighted by Gasteiger charge is 2.47. The second kappa shape index (κ2) is 8.82. The van der Waals surface area contributed by atoms with Gasteiger partial charge in [-0.15, -0.1) is 0 Å². The van der Waals surface area contributed by atoms with Crippen molar-refractivity contribution in [2.75, 3.05) is 12.0 Å². The van der Waals surface area contributed by atoms with E-state index >= 15 is 0 Å². The van der Waals surface area contributed by atoms with Crippen LogP contribution in [-0.4, -0.2) is 47.3 Å². The van der Waals surface area contributed by atoms with Crippen LogP contribution in [0.1, 0.15) is 44.5 Å². The molecule has 2 aromatic rings. The van der Waals surface area contributed by atoms with Crippen molar-refractivity contribution < 1.29 is 28.7 Å². The van der Waals surface area contributed by atoms with Crippen molar-refractivity contribution in [1.29, 1.82) is 0 Å². The van der Waals surface area contributed by atoms with Crippen molar-refractivity contribution in [3.63, 3.8) is 0 Å². The lowest BCUT2D eigenvalue weighted by Crippen LogP contribution is -2.54. The number of hydrogen-bond donors (Lipinski definition) is 0. The van der Waals surface area contributed by atoms with Gasteiger partial charge >= 0.3 is 5.97 Å². The molecular formula is C24H26N2O6. The number of esters is 1. The Labute approximate surface area is 186 Å². The molecule has 8 heteroatoms. The van der Waals surface area contributed by atoms with E-state index in [-0.39, 0.29) is 12.3 Å². The molecule has 0 radical (unpaired) electrons. The van der Waals surface area contributed by atoms with Gasteiger partial charge in [-0.1, -0.05) is 0 Å². The minimum absolute atomic E-state index is 0.121. The summed E-state index contributed by atoms with van der Waals surface area (Å²) in [4.78, 5) is 53.1. The average molecular weight is 438 g/mol. The van der Waals surface area contributed by atoms with Gasteiger partial charge in [-0.25, -0.2) is 4.90 Å². The summed E-state index contributed by atoms with van der Waals surface area (Å²) in [5, 5.41) is 0. The molecular weight excluding hydrogens is 412 g/mol. The van der Waals surface area contributed by atoms with Gasteiger partial charge in [0.2, 0.25) is 5.91 Å². The molecule has 0 bridgehead atoms. The van der Waals surface area contributed by atoms with E-state index in [0.29, 0.717) is 22.7 Å². The molecule has 1 aliphatic rings. The Hall–Kier alpha value is -3.68. The molecule has 1 unspecified atom stereocenters. The first-order valence-corrected chi connectivity index (χ1v) is 10.2. The number of imide groups is 1. The number of benzene rings is 2. The fourth-order valence-electron chi connectivity index (χ4n) is 3.70. The molecule has 32 heavy (non-hydrogen) atoms. The summed E-state index contributed by atoms with van der Waals surface area (Å²) >= 11 is 0. The van der Waals surface area contributed by atoms with Crippen molar-refractivity contribution in [3.05, 3.63) is 54.1 Å². The van der Waals surface area contributed by atoms with E-state index in [4.69, 9.17) is 9.47 Å². The monoisotopic (exact) mass is 438 g/mol. The Balaban J connectivity index is 1.90. The lowest BCUT2D eigenvalue weighted by molar-refractivity contribution is -0.132. The summed E-state index contributed by atoms with van der Waals surface area (Å²) in [5.74, 6) is -0.784. The SMILES string of the molecule is COc1ccc(C(=O)N(C2CC(=O)N(c3ccc(OC(C)=O)cc3)C2=O)C(C)(C)C)cc1. The van der Waals surface area contributed by atoms with Gasteiger partial charge in [0, 0.05) is 18.0 Å². The zero-order valence-electron chi connectivity index (χ0n) is 18.7. The van der Waals surface area contributed by atoms with Crippen molar-refractivity contribution in [2.24, 2.45) is 0 Å². The van der Waals surface area contributed by atoms with Crippen molar-refractivity contribution in [1.82, 2.24) is 4.90 Å². The molecule has 8 nitrogen and oxygen atoms in total. The quantitative estimate of drug-likeness (QED) is 0.404. The molecule has 0 N–H and O–H groups in total. The molecule has 0 aromatic heterocycles. The Morgan fingerprint density at radius 3 is 2.03 bits per heavy atom. The first-order chi connectivity index (χ1) is 15.0. The summed E-state index contributed by atoms with van der Waals surface area (Å²) in [6.07, 6.45) is -0.121. The van der Waals surface area contributed by atoms with Gasteiger partial charge in [0.1, 0.15) is 17.5 Å². The molecule has 0 aliphatic carbocycles. The molecule has 3 rings (SSSR count). The van der Waals surface area contributed by atoms with E-state index in [1.54, 1.807) is 24.3 Å². The van der Waals surface area contributed by atoms with Crippen molar-refractivity contribution in [3.8, 4) is 11.5 Å². The van der Waals surface area contributed by atoms with Crippen LogP contribution in [0.25, 0.3) is 0 Å². The van der Waals surface area contributed by atoms with Crippen LogP contribution in [0, 0.1) is 0 Å². The molecule has 1 atom stereocenters. The predicted molar refractivity (Wildman–Crippen MR) is 118 cm³/mol. The van der Waals surface area contributed by atoms with Crippen LogP contribution < -0.4 is 14.4 Å². The van der Waals surface area contributed by atoms with E-state index in [1.807, 2.05) is 20.8 Å². The summed E-state index contributed by atoms with van der Waals surface area (Å²) in [6, 6.07) is 11.7. The number of carbonyl (C=O) groups excluding carboxylic acids is 4. The van der Waals surface area contributed by atoms with E-state index in [9.17, 15) is 19.2 Å². The van der Waals surface area contributed by atoms with Crippen LogP contribution in [0.4, 0.5) is 5.69 Å². The molecule has 2 aromatic carbocycles. The molecule has 3 amide bonds. The normalized spacial score (nSPS) is 16.2. The summed E-state index contributed by atoms with van der Waals surface area (Å²) in [7, 11) is 1.54. The Morgan fingerprint density at radius 1 is 0.969 bits per heavy atom. The smallest absolute Gasteiger partial charge is 0.308 e. The number of anilines is 1. The maximum absolute atomic E-state index is 13.4. The van der Waals surface area contributed by atoms with Gasteiger partial charge in [0.05, 0.1) is 19.2 Å². The van der Waals surface area contributed by atoms with Gasteiger partial charge in [0.25, 0.3) is 11.8 Å². The number of ether oxygens (including phenoxy) is 2. The number of rotatable bonds is 5. The third-order valence-electron chi connectivity index (χ3n) is 5.07. The third-order valence-corrected chi connectivity index (χ3v) is 5.07. The molecule has 1 heterocycles. The van der Waals surface area contributed by atoms with Crippen LogP contribution in [0.3, 0.4) is 0 Å². The molecule has 168 valence electrons. The molecule has 1 aliphatic heterocycles. The minimum atomic E-state index is -0.940. The highest BCUT2D eigenvalue weighted by atomic mass is 16.5. The zero-order valence-corrected chi connectivity index (χ0v) is 18.7.